The van der Waals surface area contributed by atoms with E-state index in [9.17, 15) is 9.00 Å². The number of carbonyl (C=O) groups is 1. The molecular weight excluding hydrogens is 260 g/mol. The zero-order valence-corrected chi connectivity index (χ0v) is 10.8. The molecule has 19 heavy (non-hydrogen) atoms. The summed E-state index contributed by atoms with van der Waals surface area (Å²) in [6.07, 6.45) is 1.53. The number of carbonyl (C=O) groups excluding carboxylic acids is 1. The molecule has 1 unspecified atom stereocenters. The van der Waals surface area contributed by atoms with Gasteiger partial charge in [-0.05, 0) is 11.6 Å². The van der Waals surface area contributed by atoms with Gasteiger partial charge in [-0.1, -0.05) is 54.6 Å². The minimum Gasteiger partial charge on any atom is -0.303 e. The molecule has 1 N–H and O–H groups in total. The van der Waals surface area contributed by atoms with Crippen molar-refractivity contribution in [3.63, 3.8) is 0 Å². The lowest BCUT2D eigenvalue weighted by atomic mass is 10.0. The van der Waals surface area contributed by atoms with Crippen LogP contribution in [0, 0.1) is 0 Å². The van der Waals surface area contributed by atoms with Gasteiger partial charge >= 0.3 is 0 Å². The summed E-state index contributed by atoms with van der Waals surface area (Å²) in [4.78, 5) is 12.1. The summed E-state index contributed by atoms with van der Waals surface area (Å²) in [6, 6.07) is 15.9. The van der Waals surface area contributed by atoms with Crippen LogP contribution in [-0.2, 0) is 11.1 Å². The molecule has 0 aromatic heterocycles. The summed E-state index contributed by atoms with van der Waals surface area (Å²) >= 11 is -1.96. The van der Waals surface area contributed by atoms with E-state index in [0.717, 1.165) is 5.56 Å². The van der Waals surface area contributed by atoms with E-state index in [1.807, 2.05) is 18.2 Å². The molecule has 0 aliphatic rings. The van der Waals surface area contributed by atoms with Crippen molar-refractivity contribution >= 4 is 22.9 Å². The van der Waals surface area contributed by atoms with Gasteiger partial charge in [0.15, 0.2) is 16.9 Å². The van der Waals surface area contributed by atoms with Gasteiger partial charge in [-0.15, -0.1) is 0 Å². The van der Waals surface area contributed by atoms with Crippen molar-refractivity contribution in [1.29, 1.82) is 0 Å². The first-order valence-corrected chi connectivity index (χ1v) is 6.81. The summed E-state index contributed by atoms with van der Waals surface area (Å²) in [7, 11) is 0. The number of rotatable bonds is 4. The SMILES string of the molecule is O=C(c1ccccc1)c1ccc(/C=C/S(=O)O)cc1. The van der Waals surface area contributed by atoms with Crippen molar-refractivity contribution in [1.82, 2.24) is 0 Å². The van der Waals surface area contributed by atoms with Gasteiger partial charge in [0.2, 0.25) is 0 Å². The van der Waals surface area contributed by atoms with Crippen molar-refractivity contribution in [2.45, 2.75) is 0 Å². The Morgan fingerprint density at radius 3 is 2.11 bits per heavy atom. The Balaban J connectivity index is 2.19. The molecule has 0 fully saturated rings. The molecule has 2 aromatic carbocycles. The highest BCUT2D eigenvalue weighted by atomic mass is 32.2. The quantitative estimate of drug-likeness (QED) is 0.687. The second-order valence-corrected chi connectivity index (χ2v) is 4.72. The van der Waals surface area contributed by atoms with Crippen molar-refractivity contribution in [2.24, 2.45) is 0 Å². The van der Waals surface area contributed by atoms with Crippen LogP contribution >= 0.6 is 0 Å². The zero-order valence-electron chi connectivity index (χ0n) is 10.0. The number of hydrogen-bond acceptors (Lipinski definition) is 2. The maximum absolute atomic E-state index is 12.1. The van der Waals surface area contributed by atoms with Crippen LogP contribution in [0.25, 0.3) is 6.08 Å². The number of hydrogen-bond donors (Lipinski definition) is 1. The Kier molecular flexibility index (Phi) is 4.39. The van der Waals surface area contributed by atoms with Gasteiger partial charge in [0.1, 0.15) is 0 Å². The van der Waals surface area contributed by atoms with Crippen LogP contribution in [0.4, 0.5) is 0 Å². The first-order valence-electron chi connectivity index (χ1n) is 5.64. The van der Waals surface area contributed by atoms with Gasteiger partial charge in [0, 0.05) is 16.5 Å². The Bertz CT molecular complexity index is 616. The van der Waals surface area contributed by atoms with Crippen LogP contribution in [0.3, 0.4) is 0 Å². The van der Waals surface area contributed by atoms with Gasteiger partial charge in [0.05, 0.1) is 0 Å². The predicted molar refractivity (Wildman–Crippen MR) is 76.1 cm³/mol. The zero-order chi connectivity index (χ0) is 13.7. The average molecular weight is 272 g/mol. The number of ketones is 1. The highest BCUT2D eigenvalue weighted by Crippen LogP contribution is 2.12. The molecule has 3 nitrogen and oxygen atoms in total. The molecule has 2 rings (SSSR count). The topological polar surface area (TPSA) is 54.4 Å². The van der Waals surface area contributed by atoms with E-state index in [1.54, 1.807) is 36.4 Å². The molecule has 0 amide bonds. The first kappa shape index (κ1) is 13.4. The fraction of sp³-hybridized carbons (Fsp3) is 0. The third-order valence-electron chi connectivity index (χ3n) is 2.59. The van der Waals surface area contributed by atoms with Crippen molar-refractivity contribution in [2.75, 3.05) is 0 Å². The highest BCUT2D eigenvalue weighted by molar-refractivity contribution is 7.82. The highest BCUT2D eigenvalue weighted by Gasteiger charge is 2.07. The summed E-state index contributed by atoms with van der Waals surface area (Å²) < 4.78 is 19.1. The summed E-state index contributed by atoms with van der Waals surface area (Å²) in [5, 5.41) is 1.17. The molecule has 0 aliphatic heterocycles. The maximum Gasteiger partial charge on any atom is 0.193 e. The Morgan fingerprint density at radius 2 is 1.53 bits per heavy atom. The average Bonchev–Trinajstić information content (AvgIpc) is 2.46. The molecule has 2 aromatic rings. The monoisotopic (exact) mass is 272 g/mol. The van der Waals surface area contributed by atoms with E-state index in [1.165, 1.54) is 11.5 Å². The normalized spacial score (nSPS) is 12.5. The summed E-state index contributed by atoms with van der Waals surface area (Å²) in [5.41, 5.74) is 2.00. The molecule has 96 valence electrons. The van der Waals surface area contributed by atoms with Crippen LogP contribution in [0.15, 0.2) is 60.0 Å². The van der Waals surface area contributed by atoms with Crippen molar-refractivity contribution in [3.05, 3.63) is 76.7 Å². The second kappa shape index (κ2) is 6.22. The lowest BCUT2D eigenvalue weighted by Gasteiger charge is -2.01. The van der Waals surface area contributed by atoms with E-state index < -0.39 is 11.1 Å². The molecule has 0 aliphatic carbocycles. The molecule has 4 heteroatoms. The third kappa shape index (κ3) is 3.71. The third-order valence-corrected chi connectivity index (χ3v) is 2.95. The molecule has 0 heterocycles. The molecule has 0 bridgehead atoms. The smallest absolute Gasteiger partial charge is 0.193 e. The molecular formula is C15H12O3S. The van der Waals surface area contributed by atoms with Crippen LogP contribution in [0.2, 0.25) is 0 Å². The van der Waals surface area contributed by atoms with Gasteiger partial charge in [-0.3, -0.25) is 4.79 Å². The van der Waals surface area contributed by atoms with E-state index in [2.05, 4.69) is 0 Å². The Hall–Kier alpha value is -2.04. The van der Waals surface area contributed by atoms with Crippen molar-refractivity contribution < 1.29 is 13.6 Å². The van der Waals surface area contributed by atoms with E-state index in [0.29, 0.717) is 11.1 Å². The molecule has 0 radical (unpaired) electrons. The minimum atomic E-state index is -1.96. The van der Waals surface area contributed by atoms with Gasteiger partial charge in [-0.25, -0.2) is 4.21 Å². The standard InChI is InChI=1S/C15H12O3S/c16-15(13-4-2-1-3-5-13)14-8-6-12(7-9-14)10-11-19(17)18/h1-11H,(H,17,18)/b11-10+. The Morgan fingerprint density at radius 1 is 0.947 bits per heavy atom. The van der Waals surface area contributed by atoms with Crippen LogP contribution < -0.4 is 0 Å². The summed E-state index contributed by atoms with van der Waals surface area (Å²) in [6.45, 7) is 0. The second-order valence-electron chi connectivity index (χ2n) is 3.90. The molecule has 1 atom stereocenters. The first-order chi connectivity index (χ1) is 9.16. The lowest BCUT2D eigenvalue weighted by molar-refractivity contribution is 0.103. The van der Waals surface area contributed by atoms with Crippen LogP contribution in [0.5, 0.6) is 0 Å². The van der Waals surface area contributed by atoms with Crippen LogP contribution in [0.1, 0.15) is 21.5 Å². The fourth-order valence-electron chi connectivity index (χ4n) is 1.64. The van der Waals surface area contributed by atoms with Crippen molar-refractivity contribution in [3.8, 4) is 0 Å². The van der Waals surface area contributed by atoms with Gasteiger partial charge < -0.3 is 4.55 Å². The van der Waals surface area contributed by atoms with E-state index in [4.69, 9.17) is 4.55 Å². The van der Waals surface area contributed by atoms with Gasteiger partial charge in [0.25, 0.3) is 0 Å². The fourth-order valence-corrected chi connectivity index (χ4v) is 1.91. The number of benzene rings is 2. The lowest BCUT2D eigenvalue weighted by Crippen LogP contribution is -2.00. The van der Waals surface area contributed by atoms with Gasteiger partial charge in [-0.2, -0.15) is 0 Å². The largest absolute Gasteiger partial charge is 0.303 e. The molecule has 0 spiro atoms. The van der Waals surface area contributed by atoms with Crippen LogP contribution in [-0.4, -0.2) is 14.5 Å². The predicted octanol–water partition coefficient (Wildman–Crippen LogP) is 3.11. The minimum absolute atomic E-state index is 0.0399. The van der Waals surface area contributed by atoms with E-state index in [-0.39, 0.29) is 5.78 Å². The molecule has 0 saturated carbocycles. The summed E-state index contributed by atoms with van der Waals surface area (Å²) in [5.74, 6) is -0.0399. The molecule has 0 saturated heterocycles. The van der Waals surface area contributed by atoms with E-state index >= 15 is 0 Å². The maximum atomic E-state index is 12.1. The Labute approximate surface area is 113 Å².